The Balaban J connectivity index is 1.81. The van der Waals surface area contributed by atoms with E-state index in [4.69, 9.17) is 0 Å². The maximum atomic E-state index is 11.5. The average Bonchev–Trinajstić information content (AvgIpc) is 3.24. The summed E-state index contributed by atoms with van der Waals surface area (Å²) < 4.78 is 0. The van der Waals surface area contributed by atoms with Gasteiger partial charge in [0.15, 0.2) is 0 Å². The predicted molar refractivity (Wildman–Crippen MR) is 82.5 cm³/mol. The fourth-order valence-corrected chi connectivity index (χ4v) is 2.38. The van der Waals surface area contributed by atoms with Gasteiger partial charge in [0.2, 0.25) is 5.91 Å². The summed E-state index contributed by atoms with van der Waals surface area (Å²) in [5.41, 5.74) is 2.67. The largest absolute Gasteiger partial charge is 0.355 e. The van der Waals surface area contributed by atoms with E-state index in [-0.39, 0.29) is 11.8 Å². The van der Waals surface area contributed by atoms with Crippen LogP contribution in [0.1, 0.15) is 43.9 Å². The third-order valence-electron chi connectivity index (χ3n) is 3.84. The molecule has 3 heteroatoms. The summed E-state index contributed by atoms with van der Waals surface area (Å²) in [4.78, 5) is 11.5. The zero-order valence-corrected chi connectivity index (χ0v) is 12.8. The molecule has 1 unspecified atom stereocenters. The van der Waals surface area contributed by atoms with Crippen molar-refractivity contribution in [2.45, 2.75) is 39.7 Å². The Kier molecular flexibility index (Phi) is 5.18. The number of carbonyl (C=O) groups excluding carboxylic acids is 1. The second-order valence-corrected chi connectivity index (χ2v) is 6.13. The van der Waals surface area contributed by atoms with Crippen LogP contribution in [0.2, 0.25) is 0 Å². The second-order valence-electron chi connectivity index (χ2n) is 6.13. The number of aryl methyl sites for hydroxylation is 1. The molecule has 1 saturated carbocycles. The number of hydrogen-bond acceptors (Lipinski definition) is 2. The van der Waals surface area contributed by atoms with Crippen molar-refractivity contribution >= 4 is 5.91 Å². The molecule has 0 aliphatic heterocycles. The van der Waals surface area contributed by atoms with Crippen LogP contribution in [0, 0.1) is 18.8 Å². The van der Waals surface area contributed by atoms with E-state index >= 15 is 0 Å². The van der Waals surface area contributed by atoms with Crippen LogP contribution < -0.4 is 10.6 Å². The fraction of sp³-hybridized carbons (Fsp3) is 0.588. The van der Waals surface area contributed by atoms with Crippen molar-refractivity contribution in [1.29, 1.82) is 0 Å². The van der Waals surface area contributed by atoms with Crippen LogP contribution in [0.5, 0.6) is 0 Å². The van der Waals surface area contributed by atoms with E-state index in [9.17, 15) is 4.79 Å². The first-order valence-corrected chi connectivity index (χ1v) is 7.65. The van der Waals surface area contributed by atoms with Crippen LogP contribution in [-0.2, 0) is 4.79 Å². The monoisotopic (exact) mass is 274 g/mol. The number of carbonyl (C=O) groups is 1. The van der Waals surface area contributed by atoms with Crippen molar-refractivity contribution in [2.24, 2.45) is 11.8 Å². The normalized spacial score (nSPS) is 16.2. The quantitative estimate of drug-likeness (QED) is 0.751. The van der Waals surface area contributed by atoms with Gasteiger partial charge in [0.1, 0.15) is 0 Å². The first kappa shape index (κ1) is 15.0. The third kappa shape index (κ3) is 4.34. The predicted octanol–water partition coefficient (Wildman–Crippen LogP) is 2.81. The molecule has 1 fully saturated rings. The van der Waals surface area contributed by atoms with Gasteiger partial charge >= 0.3 is 0 Å². The molecule has 20 heavy (non-hydrogen) atoms. The molecular formula is C17H26N2O. The molecule has 0 aromatic heterocycles. The molecule has 110 valence electrons. The Bertz CT molecular complexity index is 435. The molecule has 1 aliphatic rings. The minimum atomic E-state index is 0.0614. The molecule has 0 bridgehead atoms. The van der Waals surface area contributed by atoms with Gasteiger partial charge in [-0.25, -0.2) is 0 Å². The van der Waals surface area contributed by atoms with Crippen LogP contribution in [-0.4, -0.2) is 19.0 Å². The van der Waals surface area contributed by atoms with Gasteiger partial charge in [0, 0.05) is 25.0 Å². The fourth-order valence-electron chi connectivity index (χ4n) is 2.38. The molecule has 0 spiro atoms. The van der Waals surface area contributed by atoms with Crippen molar-refractivity contribution < 1.29 is 4.79 Å². The lowest BCUT2D eigenvalue weighted by Crippen LogP contribution is -2.36. The molecule has 2 N–H and O–H groups in total. The van der Waals surface area contributed by atoms with E-state index in [1.165, 1.54) is 24.0 Å². The van der Waals surface area contributed by atoms with E-state index in [1.807, 2.05) is 13.8 Å². The van der Waals surface area contributed by atoms with Crippen LogP contribution in [0.3, 0.4) is 0 Å². The summed E-state index contributed by atoms with van der Waals surface area (Å²) in [5.74, 6) is 0.954. The zero-order chi connectivity index (χ0) is 14.5. The van der Waals surface area contributed by atoms with Gasteiger partial charge in [-0.2, -0.15) is 0 Å². The zero-order valence-electron chi connectivity index (χ0n) is 12.8. The summed E-state index contributed by atoms with van der Waals surface area (Å²) in [7, 11) is 0. The number of nitrogens with one attached hydrogen (secondary N) is 2. The summed E-state index contributed by atoms with van der Waals surface area (Å²) in [6.45, 7) is 7.48. The van der Waals surface area contributed by atoms with E-state index in [1.54, 1.807) is 0 Å². The molecular weight excluding hydrogens is 248 g/mol. The van der Waals surface area contributed by atoms with Gasteiger partial charge in [-0.3, -0.25) is 4.79 Å². The molecule has 1 aromatic carbocycles. The first-order chi connectivity index (χ1) is 9.58. The van der Waals surface area contributed by atoms with Crippen LogP contribution in [0.15, 0.2) is 24.3 Å². The smallest absolute Gasteiger partial charge is 0.222 e. The molecule has 1 amide bonds. The van der Waals surface area contributed by atoms with E-state index in [2.05, 4.69) is 41.8 Å². The highest BCUT2D eigenvalue weighted by Crippen LogP contribution is 2.40. The summed E-state index contributed by atoms with van der Waals surface area (Å²) in [6.07, 6.45) is 2.62. The van der Waals surface area contributed by atoms with E-state index in [0.29, 0.717) is 12.6 Å². The molecule has 1 aromatic rings. The summed E-state index contributed by atoms with van der Waals surface area (Å²) >= 11 is 0. The van der Waals surface area contributed by atoms with Gasteiger partial charge in [-0.05, 0) is 31.2 Å². The lowest BCUT2D eigenvalue weighted by atomic mass is 10.0. The number of hydrogen-bond donors (Lipinski definition) is 2. The van der Waals surface area contributed by atoms with Gasteiger partial charge in [0.25, 0.3) is 0 Å². The summed E-state index contributed by atoms with van der Waals surface area (Å²) in [5, 5.41) is 6.55. The SMILES string of the molecule is Cc1ccc(C(NCCNC(=O)C(C)C)C2CC2)cc1. The van der Waals surface area contributed by atoms with Crippen molar-refractivity contribution in [3.63, 3.8) is 0 Å². The average molecular weight is 274 g/mol. The van der Waals surface area contributed by atoms with Crippen molar-refractivity contribution in [2.75, 3.05) is 13.1 Å². The highest BCUT2D eigenvalue weighted by atomic mass is 16.1. The van der Waals surface area contributed by atoms with E-state index in [0.717, 1.165) is 12.5 Å². The lowest BCUT2D eigenvalue weighted by molar-refractivity contribution is -0.123. The highest BCUT2D eigenvalue weighted by Gasteiger charge is 2.31. The molecule has 2 rings (SSSR count). The number of rotatable bonds is 7. The first-order valence-electron chi connectivity index (χ1n) is 7.65. The molecule has 0 heterocycles. The third-order valence-corrected chi connectivity index (χ3v) is 3.84. The maximum absolute atomic E-state index is 11.5. The Morgan fingerprint density at radius 3 is 2.40 bits per heavy atom. The van der Waals surface area contributed by atoms with Crippen molar-refractivity contribution in [3.05, 3.63) is 35.4 Å². The van der Waals surface area contributed by atoms with Gasteiger partial charge < -0.3 is 10.6 Å². The molecule has 1 atom stereocenters. The Morgan fingerprint density at radius 1 is 1.20 bits per heavy atom. The Morgan fingerprint density at radius 2 is 1.85 bits per heavy atom. The molecule has 3 nitrogen and oxygen atoms in total. The lowest BCUT2D eigenvalue weighted by Gasteiger charge is -2.19. The van der Waals surface area contributed by atoms with Gasteiger partial charge in [-0.1, -0.05) is 43.7 Å². The van der Waals surface area contributed by atoms with Gasteiger partial charge in [0.05, 0.1) is 0 Å². The minimum Gasteiger partial charge on any atom is -0.355 e. The topological polar surface area (TPSA) is 41.1 Å². The van der Waals surface area contributed by atoms with Crippen molar-refractivity contribution in [1.82, 2.24) is 10.6 Å². The molecule has 1 aliphatic carbocycles. The molecule has 0 saturated heterocycles. The number of benzene rings is 1. The van der Waals surface area contributed by atoms with Crippen molar-refractivity contribution in [3.8, 4) is 0 Å². The Labute approximate surface area is 122 Å². The van der Waals surface area contributed by atoms with E-state index < -0.39 is 0 Å². The van der Waals surface area contributed by atoms with Gasteiger partial charge in [-0.15, -0.1) is 0 Å². The standard InChI is InChI=1S/C17H26N2O/c1-12(2)17(20)19-11-10-18-16(15-8-9-15)14-6-4-13(3)5-7-14/h4-7,12,15-16,18H,8-11H2,1-3H3,(H,19,20). The minimum absolute atomic E-state index is 0.0614. The van der Waals surface area contributed by atoms with Crippen LogP contribution in [0.25, 0.3) is 0 Å². The van der Waals surface area contributed by atoms with Crippen LogP contribution >= 0.6 is 0 Å². The Hall–Kier alpha value is -1.35. The second kappa shape index (κ2) is 6.89. The maximum Gasteiger partial charge on any atom is 0.222 e. The number of amides is 1. The van der Waals surface area contributed by atoms with Crippen LogP contribution in [0.4, 0.5) is 0 Å². The summed E-state index contributed by atoms with van der Waals surface area (Å²) in [6, 6.07) is 9.22. The molecule has 0 radical (unpaired) electrons. The highest BCUT2D eigenvalue weighted by molar-refractivity contribution is 5.77.